The number of carboxylic acids is 1. The maximum absolute atomic E-state index is 14.9. The molecule has 1 atom stereocenters. The lowest BCUT2D eigenvalue weighted by Crippen LogP contribution is -2.44. The van der Waals surface area contributed by atoms with Crippen LogP contribution in [0.15, 0.2) is 41.3 Å². The van der Waals surface area contributed by atoms with Crippen molar-refractivity contribution in [2.24, 2.45) is 0 Å². The highest BCUT2D eigenvalue weighted by molar-refractivity contribution is 7.92. The number of alkyl halides is 3. The molecule has 1 saturated carbocycles. The molecule has 0 spiro atoms. The molecule has 0 unspecified atom stereocenters. The lowest BCUT2D eigenvalue weighted by molar-refractivity contribution is -0.257. The molecule has 0 radical (unpaired) electrons. The SMILES string of the molecule is CC(C)(OC(=O)Cc1ccc2c(c1)N(S(=O)(=O)c1cc(C3CC3)ccc1F)C[C@H](CCC(=O)O)O2)C(F)(F)F. The van der Waals surface area contributed by atoms with E-state index in [2.05, 4.69) is 4.74 Å². The normalized spacial score (nSPS) is 17.8. The summed E-state index contributed by atoms with van der Waals surface area (Å²) in [5, 5.41) is 9.07. The summed E-state index contributed by atoms with van der Waals surface area (Å²) in [4.78, 5) is 22.8. The first kappa shape index (κ1) is 28.7. The lowest BCUT2D eigenvalue weighted by Gasteiger charge is -2.36. The van der Waals surface area contributed by atoms with Crippen molar-refractivity contribution >= 4 is 27.6 Å². The third-order valence-electron chi connectivity index (χ3n) is 6.61. The van der Waals surface area contributed by atoms with Crippen LogP contribution in [-0.2, 0) is 30.8 Å². The van der Waals surface area contributed by atoms with Gasteiger partial charge in [-0.25, -0.2) is 12.8 Å². The molecule has 1 aliphatic carbocycles. The number of sulfonamides is 1. The Kier molecular flexibility index (Phi) is 7.58. The van der Waals surface area contributed by atoms with Crippen molar-refractivity contribution < 1.29 is 50.1 Å². The fourth-order valence-electron chi connectivity index (χ4n) is 4.18. The number of nitrogens with zero attached hydrogens (tertiary/aromatic N) is 1. The van der Waals surface area contributed by atoms with Gasteiger partial charge in [-0.05, 0) is 74.4 Å². The Morgan fingerprint density at radius 2 is 1.82 bits per heavy atom. The van der Waals surface area contributed by atoms with Crippen molar-refractivity contribution in [1.82, 2.24) is 0 Å². The quantitative estimate of drug-likeness (QED) is 0.334. The first-order valence-corrected chi connectivity index (χ1v) is 13.6. The Balaban J connectivity index is 1.69. The molecule has 2 aromatic rings. The number of benzene rings is 2. The zero-order valence-electron chi connectivity index (χ0n) is 21.1. The molecule has 1 aliphatic heterocycles. The van der Waals surface area contributed by atoms with E-state index in [0.29, 0.717) is 19.4 Å². The van der Waals surface area contributed by atoms with Crippen LogP contribution >= 0.6 is 0 Å². The third-order valence-corrected chi connectivity index (χ3v) is 8.40. The molecular weight excluding hydrogens is 546 g/mol. The molecule has 212 valence electrons. The molecule has 0 saturated heterocycles. The van der Waals surface area contributed by atoms with Gasteiger partial charge in [-0.2, -0.15) is 13.2 Å². The lowest BCUT2D eigenvalue weighted by atomic mass is 10.1. The molecule has 1 N–H and O–H groups in total. The summed E-state index contributed by atoms with van der Waals surface area (Å²) < 4.78 is 93.1. The van der Waals surface area contributed by atoms with E-state index < -0.39 is 57.0 Å². The number of anilines is 1. The van der Waals surface area contributed by atoms with Gasteiger partial charge in [-0.15, -0.1) is 0 Å². The van der Waals surface area contributed by atoms with Crippen molar-refractivity contribution in [2.45, 2.75) is 74.6 Å². The number of esters is 1. The van der Waals surface area contributed by atoms with Crippen LogP contribution in [-0.4, -0.2) is 49.9 Å². The average molecular weight is 574 g/mol. The molecule has 39 heavy (non-hydrogen) atoms. The second-order valence-electron chi connectivity index (χ2n) is 10.1. The first-order valence-electron chi connectivity index (χ1n) is 12.2. The van der Waals surface area contributed by atoms with Crippen LogP contribution in [0.4, 0.5) is 23.2 Å². The van der Waals surface area contributed by atoms with E-state index in [1.807, 2.05) is 0 Å². The monoisotopic (exact) mass is 573 g/mol. The highest BCUT2D eigenvalue weighted by Gasteiger charge is 2.50. The van der Waals surface area contributed by atoms with Gasteiger partial charge in [0.15, 0.2) is 0 Å². The van der Waals surface area contributed by atoms with Crippen molar-refractivity contribution in [1.29, 1.82) is 0 Å². The van der Waals surface area contributed by atoms with E-state index in [4.69, 9.17) is 9.84 Å². The van der Waals surface area contributed by atoms with Gasteiger partial charge in [0.25, 0.3) is 10.0 Å². The van der Waals surface area contributed by atoms with Gasteiger partial charge in [0.2, 0.25) is 5.60 Å². The number of aliphatic carboxylic acids is 1. The fourth-order valence-corrected chi connectivity index (χ4v) is 5.78. The summed E-state index contributed by atoms with van der Waals surface area (Å²) in [5.74, 6) is -3.10. The summed E-state index contributed by atoms with van der Waals surface area (Å²) in [5.41, 5.74) is -1.98. The van der Waals surface area contributed by atoms with Crippen LogP contribution in [0.1, 0.15) is 56.6 Å². The molecule has 0 aromatic heterocycles. The van der Waals surface area contributed by atoms with Gasteiger partial charge in [-0.1, -0.05) is 12.1 Å². The van der Waals surface area contributed by atoms with E-state index >= 15 is 0 Å². The molecule has 0 bridgehead atoms. The van der Waals surface area contributed by atoms with E-state index in [1.54, 1.807) is 0 Å². The molecule has 1 fully saturated rings. The number of hydrogen-bond donors (Lipinski definition) is 1. The van der Waals surface area contributed by atoms with Crippen molar-refractivity contribution in [3.8, 4) is 5.75 Å². The Morgan fingerprint density at radius 1 is 1.13 bits per heavy atom. The molecule has 2 aliphatic rings. The number of halogens is 4. The minimum atomic E-state index is -4.80. The summed E-state index contributed by atoms with van der Waals surface area (Å²) in [7, 11) is -4.53. The van der Waals surface area contributed by atoms with Gasteiger partial charge < -0.3 is 14.6 Å². The van der Waals surface area contributed by atoms with Crippen LogP contribution < -0.4 is 9.04 Å². The van der Waals surface area contributed by atoms with E-state index in [0.717, 1.165) is 23.2 Å². The van der Waals surface area contributed by atoms with Gasteiger partial charge in [0.05, 0.1) is 18.7 Å². The van der Waals surface area contributed by atoms with Gasteiger partial charge >= 0.3 is 18.1 Å². The number of rotatable bonds is 9. The number of hydrogen-bond acceptors (Lipinski definition) is 6. The molecular formula is C26H27F4NO7S. The number of ether oxygens (including phenoxy) is 2. The zero-order valence-corrected chi connectivity index (χ0v) is 21.9. The first-order chi connectivity index (χ1) is 18.1. The largest absolute Gasteiger partial charge is 0.486 e. The predicted molar refractivity (Wildman–Crippen MR) is 131 cm³/mol. The number of carbonyl (C=O) groups is 2. The second-order valence-corrected chi connectivity index (χ2v) is 12.0. The highest BCUT2D eigenvalue weighted by atomic mass is 32.2. The van der Waals surface area contributed by atoms with Gasteiger partial charge in [0.1, 0.15) is 22.6 Å². The number of carboxylic acid groups (broad SMARTS) is 1. The smallest absolute Gasteiger partial charge is 0.427 e. The van der Waals surface area contributed by atoms with E-state index in [-0.39, 0.29) is 42.3 Å². The summed E-state index contributed by atoms with van der Waals surface area (Å²) >= 11 is 0. The number of fused-ring (bicyclic) bond motifs is 1. The van der Waals surface area contributed by atoms with Crippen LogP contribution in [0.2, 0.25) is 0 Å². The van der Waals surface area contributed by atoms with Crippen molar-refractivity contribution in [3.05, 3.63) is 53.3 Å². The number of carbonyl (C=O) groups excluding carboxylic acids is 1. The minimum absolute atomic E-state index is 0.0340. The fraction of sp³-hybridized carbons (Fsp3) is 0.462. The van der Waals surface area contributed by atoms with Gasteiger partial charge in [-0.3, -0.25) is 13.9 Å². The summed E-state index contributed by atoms with van der Waals surface area (Å²) in [6.07, 6.45) is -4.91. The van der Waals surface area contributed by atoms with E-state index in [1.165, 1.54) is 30.3 Å². The highest BCUT2D eigenvalue weighted by Crippen LogP contribution is 2.43. The van der Waals surface area contributed by atoms with E-state index in [9.17, 15) is 35.6 Å². The molecule has 2 aromatic carbocycles. The molecule has 13 heteroatoms. The molecule has 4 rings (SSSR count). The third kappa shape index (κ3) is 6.29. The average Bonchev–Trinajstić information content (AvgIpc) is 3.67. The standard InChI is InChI=1S/C26H27F4NO7S/c1-25(2,26(28,29)30)38-24(34)12-15-3-9-21-20(11-15)31(14-18(37-21)7-10-23(32)33)39(35,36)22-13-17(16-4-5-16)6-8-19(22)27/h3,6,8-9,11,13,16,18H,4-5,7,10,12,14H2,1-2H3,(H,32,33)/t18-/m0/s1. The Labute approximate surface area is 222 Å². The maximum atomic E-state index is 14.9. The van der Waals surface area contributed by atoms with Crippen LogP contribution in [0.25, 0.3) is 0 Å². The Morgan fingerprint density at radius 3 is 2.44 bits per heavy atom. The van der Waals surface area contributed by atoms with Crippen molar-refractivity contribution in [2.75, 3.05) is 10.8 Å². The molecule has 1 heterocycles. The Hall–Kier alpha value is -3.35. The van der Waals surface area contributed by atoms with Crippen molar-refractivity contribution in [3.63, 3.8) is 0 Å². The molecule has 8 nitrogen and oxygen atoms in total. The maximum Gasteiger partial charge on any atom is 0.427 e. The predicted octanol–water partition coefficient (Wildman–Crippen LogP) is 4.95. The summed E-state index contributed by atoms with van der Waals surface area (Å²) in [6, 6.07) is 7.84. The van der Waals surface area contributed by atoms with Crippen LogP contribution in [0.5, 0.6) is 5.75 Å². The summed E-state index contributed by atoms with van der Waals surface area (Å²) in [6.45, 7) is 1.08. The second kappa shape index (κ2) is 10.3. The zero-order chi connectivity index (χ0) is 28.8. The van der Waals surface area contributed by atoms with Crippen LogP contribution in [0.3, 0.4) is 0 Å². The molecule has 0 amide bonds. The minimum Gasteiger partial charge on any atom is -0.486 e. The van der Waals surface area contributed by atoms with Gasteiger partial charge in [0, 0.05) is 6.42 Å². The topological polar surface area (TPSA) is 110 Å². The van der Waals surface area contributed by atoms with Crippen LogP contribution in [0, 0.1) is 5.82 Å². The Bertz CT molecular complexity index is 1390.